The van der Waals surface area contributed by atoms with Crippen molar-refractivity contribution in [3.8, 4) is 6.01 Å². The topological polar surface area (TPSA) is 50.4 Å². The lowest BCUT2D eigenvalue weighted by Gasteiger charge is -1.96. The molecule has 1 N–H and O–H groups in total. The minimum absolute atomic E-state index is 0.0926. The number of hydrogen-bond donors (Lipinski definition) is 2. The molecule has 5 heteroatoms. The Hall–Kier alpha value is -1.23. The third kappa shape index (κ3) is 0.932. The fourth-order valence-electron chi connectivity index (χ4n) is 0.903. The van der Waals surface area contributed by atoms with Crippen molar-refractivity contribution < 1.29 is 5.11 Å². The average Bonchev–Trinajstić information content (AvgIpc) is 2.34. The van der Waals surface area contributed by atoms with E-state index >= 15 is 0 Å². The van der Waals surface area contributed by atoms with Crippen LogP contribution in [-0.4, -0.2) is 19.5 Å². The number of rotatable bonds is 0. The number of nitrogens with zero attached hydrogens (tertiary/aromatic N) is 3. The van der Waals surface area contributed by atoms with Crippen LogP contribution < -0.4 is 0 Å². The smallest absolute Gasteiger partial charge is 0.302 e. The van der Waals surface area contributed by atoms with Gasteiger partial charge in [0.1, 0.15) is 5.65 Å². The Morgan fingerprint density at radius 1 is 1.45 bits per heavy atom. The summed E-state index contributed by atoms with van der Waals surface area (Å²) in [7, 11) is 0. The van der Waals surface area contributed by atoms with Gasteiger partial charge in [0, 0.05) is 6.20 Å². The van der Waals surface area contributed by atoms with Gasteiger partial charge in [0.15, 0.2) is 5.16 Å². The summed E-state index contributed by atoms with van der Waals surface area (Å²) in [6.07, 6.45) is 1.68. The van der Waals surface area contributed by atoms with Crippen LogP contribution in [0.15, 0.2) is 23.5 Å². The molecule has 2 aromatic heterocycles. The summed E-state index contributed by atoms with van der Waals surface area (Å²) in [6, 6.07) is 3.45. The summed E-state index contributed by atoms with van der Waals surface area (Å²) < 4.78 is 1.47. The molecule has 0 atom stereocenters. The monoisotopic (exact) mass is 167 g/mol. The maximum absolute atomic E-state index is 9.20. The van der Waals surface area contributed by atoms with Crippen LogP contribution in [0.25, 0.3) is 5.65 Å². The number of fused-ring (bicyclic) bond motifs is 1. The van der Waals surface area contributed by atoms with Gasteiger partial charge < -0.3 is 5.11 Å². The summed E-state index contributed by atoms with van der Waals surface area (Å²) in [4.78, 5) is 7.60. The van der Waals surface area contributed by atoms with Crippen molar-refractivity contribution in [1.82, 2.24) is 14.4 Å². The molecule has 2 rings (SSSR count). The van der Waals surface area contributed by atoms with Crippen molar-refractivity contribution in [2.45, 2.75) is 5.16 Å². The molecule has 0 amide bonds. The van der Waals surface area contributed by atoms with Gasteiger partial charge in [-0.2, -0.15) is 4.98 Å². The molecule has 0 aromatic carbocycles. The Labute approximate surface area is 67.9 Å². The normalized spacial score (nSPS) is 10.6. The standard InChI is InChI=1S/C6H5N3OS/c10-6-8-5(11)7-4-2-1-3-9(4)6/h1-3H,(H2,7,8,10,11). The highest BCUT2D eigenvalue weighted by atomic mass is 32.1. The maximum Gasteiger partial charge on any atom is 0.302 e. The Kier molecular flexibility index (Phi) is 1.25. The van der Waals surface area contributed by atoms with Crippen LogP contribution in [-0.2, 0) is 0 Å². The molecular weight excluding hydrogens is 162 g/mol. The van der Waals surface area contributed by atoms with E-state index in [9.17, 15) is 5.11 Å². The van der Waals surface area contributed by atoms with Gasteiger partial charge >= 0.3 is 6.01 Å². The highest BCUT2D eigenvalue weighted by Crippen LogP contribution is 2.11. The minimum Gasteiger partial charge on any atom is -0.480 e. The summed E-state index contributed by atoms with van der Waals surface area (Å²) in [5, 5.41) is 9.48. The van der Waals surface area contributed by atoms with Crippen molar-refractivity contribution >= 4 is 18.3 Å². The first kappa shape index (κ1) is 6.48. The first-order valence-corrected chi connectivity index (χ1v) is 3.45. The number of hydrogen-bond acceptors (Lipinski definition) is 4. The second-order valence-electron chi connectivity index (χ2n) is 2.06. The summed E-state index contributed by atoms with van der Waals surface area (Å²) in [5.74, 6) is 0. The van der Waals surface area contributed by atoms with E-state index in [4.69, 9.17) is 0 Å². The van der Waals surface area contributed by atoms with Crippen molar-refractivity contribution in [3.05, 3.63) is 18.3 Å². The lowest BCUT2D eigenvalue weighted by Crippen LogP contribution is -1.92. The van der Waals surface area contributed by atoms with Crippen LogP contribution in [0.1, 0.15) is 0 Å². The molecule has 4 nitrogen and oxygen atoms in total. The van der Waals surface area contributed by atoms with Gasteiger partial charge in [-0.25, -0.2) is 4.98 Å². The first-order chi connectivity index (χ1) is 5.27. The molecule has 0 radical (unpaired) electrons. The SMILES string of the molecule is Oc1nc(S)nc2cccn12. The second-order valence-corrected chi connectivity index (χ2v) is 2.46. The van der Waals surface area contributed by atoms with Crippen molar-refractivity contribution in [2.75, 3.05) is 0 Å². The second kappa shape index (κ2) is 2.13. The van der Waals surface area contributed by atoms with Gasteiger partial charge in [-0.1, -0.05) is 0 Å². The first-order valence-electron chi connectivity index (χ1n) is 3.00. The number of aromatic nitrogens is 3. The van der Waals surface area contributed by atoms with Crippen LogP contribution in [0.2, 0.25) is 0 Å². The van der Waals surface area contributed by atoms with Crippen LogP contribution in [0.3, 0.4) is 0 Å². The largest absolute Gasteiger partial charge is 0.480 e. The molecule has 0 spiro atoms. The van der Waals surface area contributed by atoms with Crippen LogP contribution in [0.4, 0.5) is 0 Å². The third-order valence-corrected chi connectivity index (χ3v) is 1.56. The van der Waals surface area contributed by atoms with Gasteiger partial charge in [0.2, 0.25) is 0 Å². The van der Waals surface area contributed by atoms with Crippen LogP contribution >= 0.6 is 12.6 Å². The average molecular weight is 167 g/mol. The summed E-state index contributed by atoms with van der Waals surface area (Å²) >= 11 is 3.91. The Morgan fingerprint density at radius 3 is 3.09 bits per heavy atom. The van der Waals surface area contributed by atoms with Gasteiger partial charge in [0.05, 0.1) is 0 Å². The molecule has 0 fully saturated rings. The molecule has 56 valence electrons. The molecule has 0 saturated heterocycles. The van der Waals surface area contributed by atoms with Crippen LogP contribution in [0.5, 0.6) is 6.01 Å². The van der Waals surface area contributed by atoms with Gasteiger partial charge in [-0.15, -0.1) is 12.6 Å². The highest BCUT2D eigenvalue weighted by molar-refractivity contribution is 7.80. The molecule has 0 saturated carbocycles. The van der Waals surface area contributed by atoms with Crippen molar-refractivity contribution in [3.63, 3.8) is 0 Å². The van der Waals surface area contributed by atoms with Gasteiger partial charge in [0.25, 0.3) is 0 Å². The quantitative estimate of drug-likeness (QED) is 0.568. The molecule has 0 bridgehead atoms. The van der Waals surface area contributed by atoms with E-state index in [-0.39, 0.29) is 11.2 Å². The zero-order valence-corrected chi connectivity index (χ0v) is 6.36. The lowest BCUT2D eigenvalue weighted by molar-refractivity contribution is 0.414. The maximum atomic E-state index is 9.20. The fraction of sp³-hybridized carbons (Fsp3) is 0. The zero-order valence-electron chi connectivity index (χ0n) is 5.47. The summed E-state index contributed by atoms with van der Waals surface area (Å²) in [6.45, 7) is 0. The van der Waals surface area contributed by atoms with E-state index < -0.39 is 0 Å². The molecule has 0 aliphatic carbocycles. The number of thiol groups is 1. The van der Waals surface area contributed by atoms with Crippen molar-refractivity contribution in [1.29, 1.82) is 0 Å². The Balaban J connectivity index is 2.91. The molecule has 0 unspecified atom stereocenters. The van der Waals surface area contributed by atoms with E-state index in [0.717, 1.165) is 0 Å². The minimum atomic E-state index is -0.0926. The van der Waals surface area contributed by atoms with E-state index in [1.54, 1.807) is 18.3 Å². The molecule has 2 heterocycles. The van der Waals surface area contributed by atoms with E-state index in [1.165, 1.54) is 4.40 Å². The van der Waals surface area contributed by atoms with E-state index in [2.05, 4.69) is 22.6 Å². The number of aromatic hydroxyl groups is 1. The predicted octanol–water partition coefficient (Wildman–Crippen LogP) is 0.724. The molecule has 11 heavy (non-hydrogen) atoms. The van der Waals surface area contributed by atoms with E-state index in [0.29, 0.717) is 5.65 Å². The molecule has 0 aliphatic heterocycles. The Morgan fingerprint density at radius 2 is 2.27 bits per heavy atom. The molecule has 2 aromatic rings. The van der Waals surface area contributed by atoms with E-state index in [1.807, 2.05) is 0 Å². The van der Waals surface area contributed by atoms with Gasteiger partial charge in [-0.3, -0.25) is 4.40 Å². The summed E-state index contributed by atoms with van der Waals surface area (Å²) in [5.41, 5.74) is 0.641. The van der Waals surface area contributed by atoms with Crippen molar-refractivity contribution in [2.24, 2.45) is 0 Å². The predicted molar refractivity (Wildman–Crippen MR) is 41.9 cm³/mol. The molecule has 0 aliphatic rings. The fourth-order valence-corrected chi connectivity index (χ4v) is 1.09. The van der Waals surface area contributed by atoms with Gasteiger partial charge in [-0.05, 0) is 12.1 Å². The highest BCUT2D eigenvalue weighted by Gasteiger charge is 2.00. The molecular formula is C6H5N3OS. The van der Waals surface area contributed by atoms with Crippen LogP contribution in [0, 0.1) is 0 Å². The third-order valence-electron chi connectivity index (χ3n) is 1.36. The Bertz CT molecular complexity index is 398. The zero-order chi connectivity index (χ0) is 7.84. The lowest BCUT2D eigenvalue weighted by atomic mass is 10.6.